The molecule has 0 saturated carbocycles. The Bertz CT molecular complexity index is 185. The van der Waals surface area contributed by atoms with Gasteiger partial charge in [-0.25, -0.2) is 0 Å². The fourth-order valence-electron chi connectivity index (χ4n) is 0.428. The number of carbonyl (C=O) groups excluding carboxylic acids is 1. The molecule has 74 valence electrons. The minimum atomic E-state index is -0.139. The standard InChI is InChI=1S/C6H6O.C3H10Si.CH2O/c7-6-4-2-1-3-5-6;1-4(2)3;1-2/h1-5,7H;4H,1-3H3;1H2. The summed E-state index contributed by atoms with van der Waals surface area (Å²) in [6.07, 6.45) is 0. The van der Waals surface area contributed by atoms with Gasteiger partial charge in [0.25, 0.3) is 0 Å². The van der Waals surface area contributed by atoms with E-state index >= 15 is 0 Å². The van der Waals surface area contributed by atoms with Crippen LogP contribution in [0.4, 0.5) is 0 Å². The van der Waals surface area contributed by atoms with Crippen molar-refractivity contribution in [3.63, 3.8) is 0 Å². The SMILES string of the molecule is C=O.C[SiH](C)C.Oc1ccccc1. The third-order valence-corrected chi connectivity index (χ3v) is 0.756. The van der Waals surface area contributed by atoms with Gasteiger partial charge in [-0.15, -0.1) is 0 Å². The summed E-state index contributed by atoms with van der Waals surface area (Å²) in [6, 6.07) is 8.71. The van der Waals surface area contributed by atoms with E-state index in [9.17, 15) is 0 Å². The van der Waals surface area contributed by atoms with Gasteiger partial charge >= 0.3 is 0 Å². The van der Waals surface area contributed by atoms with Crippen LogP contribution in [-0.2, 0) is 4.79 Å². The minimum absolute atomic E-state index is 0.139. The van der Waals surface area contributed by atoms with Gasteiger partial charge in [-0.1, -0.05) is 37.8 Å². The van der Waals surface area contributed by atoms with Crippen molar-refractivity contribution in [1.82, 2.24) is 0 Å². The number of benzene rings is 1. The molecular weight excluding hydrogens is 180 g/mol. The molecule has 1 aromatic rings. The lowest BCUT2D eigenvalue weighted by atomic mass is 10.3. The lowest BCUT2D eigenvalue weighted by molar-refractivity contribution is -0.0979. The summed E-state index contributed by atoms with van der Waals surface area (Å²) in [6.45, 7) is 8.92. The Morgan fingerprint density at radius 3 is 1.54 bits per heavy atom. The second-order valence-corrected chi connectivity index (χ2v) is 6.53. The van der Waals surface area contributed by atoms with E-state index in [1.165, 1.54) is 0 Å². The van der Waals surface area contributed by atoms with Gasteiger partial charge < -0.3 is 9.90 Å². The van der Waals surface area contributed by atoms with Crippen LogP contribution < -0.4 is 0 Å². The van der Waals surface area contributed by atoms with Gasteiger partial charge in [0.2, 0.25) is 0 Å². The third-order valence-electron chi connectivity index (χ3n) is 0.756. The second kappa shape index (κ2) is 10.9. The molecule has 3 heteroatoms. The number of rotatable bonds is 0. The Labute approximate surface area is 81.8 Å². The van der Waals surface area contributed by atoms with Gasteiger partial charge in [0, 0.05) is 8.80 Å². The number of phenols is 1. The predicted octanol–water partition coefficient (Wildman–Crippen LogP) is 2.31. The first-order valence-corrected chi connectivity index (χ1v) is 7.62. The summed E-state index contributed by atoms with van der Waals surface area (Å²) >= 11 is 0. The first-order valence-electron chi connectivity index (χ1n) is 4.16. The van der Waals surface area contributed by atoms with Crippen LogP contribution in [0.5, 0.6) is 5.75 Å². The maximum absolute atomic E-state index is 8.63. The molecule has 1 rings (SSSR count). The highest BCUT2D eigenvalue weighted by molar-refractivity contribution is 6.54. The third kappa shape index (κ3) is 18.1. The highest BCUT2D eigenvalue weighted by atomic mass is 28.3. The van der Waals surface area contributed by atoms with Gasteiger partial charge in [0.15, 0.2) is 0 Å². The number of para-hydroxylation sites is 1. The number of aromatic hydroxyl groups is 1. The summed E-state index contributed by atoms with van der Waals surface area (Å²) in [5.74, 6) is 0.322. The second-order valence-electron chi connectivity index (χ2n) is 3.07. The lowest BCUT2D eigenvalue weighted by Gasteiger charge is -1.82. The van der Waals surface area contributed by atoms with Crippen LogP contribution in [0.2, 0.25) is 19.6 Å². The smallest absolute Gasteiger partial charge is 0.115 e. The molecule has 0 unspecified atom stereocenters. The molecule has 0 bridgehead atoms. The van der Waals surface area contributed by atoms with Crippen LogP contribution in [0.3, 0.4) is 0 Å². The molecule has 0 amide bonds. The van der Waals surface area contributed by atoms with E-state index in [4.69, 9.17) is 9.90 Å². The molecule has 1 aromatic carbocycles. The van der Waals surface area contributed by atoms with E-state index in [0.717, 1.165) is 0 Å². The lowest BCUT2D eigenvalue weighted by Crippen LogP contribution is -1.84. The van der Waals surface area contributed by atoms with E-state index in [1.54, 1.807) is 24.3 Å². The topological polar surface area (TPSA) is 37.3 Å². The molecular formula is C10H18O2Si. The van der Waals surface area contributed by atoms with Crippen LogP contribution in [-0.4, -0.2) is 20.7 Å². The molecule has 0 fully saturated rings. The quantitative estimate of drug-likeness (QED) is 0.650. The number of carbonyl (C=O) groups is 1. The maximum Gasteiger partial charge on any atom is 0.115 e. The average Bonchev–Trinajstić information content (AvgIpc) is 2.08. The minimum Gasteiger partial charge on any atom is -0.508 e. The zero-order valence-corrected chi connectivity index (χ0v) is 9.68. The summed E-state index contributed by atoms with van der Waals surface area (Å²) < 4.78 is 0. The number of hydrogen-bond donors (Lipinski definition) is 1. The maximum atomic E-state index is 8.63. The van der Waals surface area contributed by atoms with Crippen molar-refractivity contribution in [1.29, 1.82) is 0 Å². The summed E-state index contributed by atoms with van der Waals surface area (Å²) in [5, 5.41) is 8.63. The Morgan fingerprint density at radius 1 is 1.08 bits per heavy atom. The van der Waals surface area contributed by atoms with Crippen molar-refractivity contribution in [2.45, 2.75) is 19.6 Å². The summed E-state index contributed by atoms with van der Waals surface area (Å²) in [7, 11) is -0.139. The van der Waals surface area contributed by atoms with E-state index in [0.29, 0.717) is 5.75 Å². The molecule has 0 saturated heterocycles. The van der Waals surface area contributed by atoms with Gasteiger partial charge in [-0.3, -0.25) is 0 Å². The molecule has 0 aliphatic rings. The van der Waals surface area contributed by atoms with Gasteiger partial charge in [0.05, 0.1) is 0 Å². The van der Waals surface area contributed by atoms with Crippen molar-refractivity contribution in [2.75, 3.05) is 0 Å². The normalized spacial score (nSPS) is 7.69. The van der Waals surface area contributed by atoms with E-state index in [2.05, 4.69) is 19.6 Å². The van der Waals surface area contributed by atoms with Crippen LogP contribution in [0.15, 0.2) is 30.3 Å². The van der Waals surface area contributed by atoms with Crippen LogP contribution in [0.25, 0.3) is 0 Å². The van der Waals surface area contributed by atoms with E-state index in [-0.39, 0.29) is 8.80 Å². The molecule has 0 aliphatic heterocycles. The van der Waals surface area contributed by atoms with Crippen LogP contribution in [0, 0.1) is 0 Å². The van der Waals surface area contributed by atoms with Gasteiger partial charge in [0.1, 0.15) is 12.5 Å². The monoisotopic (exact) mass is 198 g/mol. The molecule has 0 aliphatic carbocycles. The molecule has 2 nitrogen and oxygen atoms in total. The Kier molecular flexibility index (Phi) is 12.1. The molecule has 0 spiro atoms. The Morgan fingerprint density at radius 2 is 1.38 bits per heavy atom. The first kappa shape index (κ1) is 14.4. The molecule has 0 atom stereocenters. The first-order chi connectivity index (χ1) is 6.13. The molecule has 0 aromatic heterocycles. The van der Waals surface area contributed by atoms with Crippen LogP contribution in [0.1, 0.15) is 0 Å². The molecule has 13 heavy (non-hydrogen) atoms. The fraction of sp³-hybridized carbons (Fsp3) is 0.300. The zero-order valence-electron chi connectivity index (χ0n) is 8.53. The van der Waals surface area contributed by atoms with Crippen LogP contribution >= 0.6 is 0 Å². The molecule has 0 radical (unpaired) electrons. The van der Waals surface area contributed by atoms with E-state index < -0.39 is 0 Å². The predicted molar refractivity (Wildman–Crippen MR) is 60.0 cm³/mol. The summed E-state index contributed by atoms with van der Waals surface area (Å²) in [4.78, 5) is 8.00. The van der Waals surface area contributed by atoms with Gasteiger partial charge in [-0.05, 0) is 12.1 Å². The molecule has 0 heterocycles. The number of phenolic OH excluding ortho intramolecular Hbond substituents is 1. The highest BCUT2D eigenvalue weighted by Crippen LogP contribution is 2.02. The van der Waals surface area contributed by atoms with Gasteiger partial charge in [-0.2, -0.15) is 0 Å². The zero-order chi connectivity index (χ0) is 10.7. The van der Waals surface area contributed by atoms with Crippen molar-refractivity contribution >= 4 is 15.6 Å². The van der Waals surface area contributed by atoms with E-state index in [1.807, 2.05) is 12.9 Å². The van der Waals surface area contributed by atoms with Crippen molar-refractivity contribution in [3.8, 4) is 5.75 Å². The van der Waals surface area contributed by atoms with Crippen molar-refractivity contribution in [3.05, 3.63) is 30.3 Å². The average molecular weight is 198 g/mol. The highest BCUT2D eigenvalue weighted by Gasteiger charge is 1.74. The fourth-order valence-corrected chi connectivity index (χ4v) is 0.428. The summed E-state index contributed by atoms with van der Waals surface area (Å²) in [5.41, 5.74) is 0. The van der Waals surface area contributed by atoms with Crippen molar-refractivity contribution in [2.24, 2.45) is 0 Å². The van der Waals surface area contributed by atoms with Crippen molar-refractivity contribution < 1.29 is 9.90 Å². The Balaban J connectivity index is 0. The largest absolute Gasteiger partial charge is 0.508 e. The number of hydrogen-bond acceptors (Lipinski definition) is 2. The molecule has 1 N–H and O–H groups in total. The Hall–Kier alpha value is -1.09.